The normalized spacial score (nSPS) is 21.0. The molecular weight excluding hydrogens is 242 g/mol. The lowest BCUT2D eigenvalue weighted by Crippen LogP contribution is -2.37. The number of nitrogens with two attached hydrogens (primary N) is 1. The predicted molar refractivity (Wildman–Crippen MR) is 60.1 cm³/mol. The van der Waals surface area contributed by atoms with Gasteiger partial charge in [0, 0.05) is 12.0 Å². The Morgan fingerprint density at radius 1 is 1.43 bits per heavy atom. The van der Waals surface area contributed by atoms with Crippen LogP contribution in [0.25, 0.3) is 0 Å². The van der Waals surface area contributed by atoms with Gasteiger partial charge in [0.05, 0.1) is 16.4 Å². The van der Waals surface area contributed by atoms with Crippen LogP contribution in [-0.2, 0) is 5.41 Å². The van der Waals surface area contributed by atoms with Gasteiger partial charge in [-0.15, -0.1) is 0 Å². The molecule has 0 spiro atoms. The van der Waals surface area contributed by atoms with Crippen molar-refractivity contribution >= 4 is 15.9 Å². The number of aromatic amines is 1. The molecule has 3 N–H and O–H groups in total. The summed E-state index contributed by atoms with van der Waals surface area (Å²) in [4.78, 5) is 0. The van der Waals surface area contributed by atoms with Gasteiger partial charge in [0.2, 0.25) is 0 Å². The van der Waals surface area contributed by atoms with Gasteiger partial charge in [-0.1, -0.05) is 19.3 Å². The van der Waals surface area contributed by atoms with Gasteiger partial charge in [-0.25, -0.2) is 0 Å². The first-order chi connectivity index (χ1) is 6.78. The third-order valence-electron chi connectivity index (χ3n) is 3.32. The van der Waals surface area contributed by atoms with E-state index in [1.54, 1.807) is 0 Å². The van der Waals surface area contributed by atoms with Crippen molar-refractivity contribution < 1.29 is 0 Å². The number of nitrogens with one attached hydrogen (secondary N) is 1. The monoisotopic (exact) mass is 257 g/mol. The maximum atomic E-state index is 5.93. The van der Waals surface area contributed by atoms with Crippen LogP contribution in [0.1, 0.15) is 37.8 Å². The zero-order valence-electron chi connectivity index (χ0n) is 8.22. The lowest BCUT2D eigenvalue weighted by Gasteiger charge is -2.35. The van der Waals surface area contributed by atoms with Crippen LogP contribution in [0.15, 0.2) is 10.7 Å². The quantitative estimate of drug-likeness (QED) is 0.855. The Bertz CT molecular complexity index is 302. The van der Waals surface area contributed by atoms with Crippen LogP contribution in [0, 0.1) is 0 Å². The molecule has 1 aromatic rings. The molecule has 0 unspecified atom stereocenters. The summed E-state index contributed by atoms with van der Waals surface area (Å²) in [6.45, 7) is 0.716. The van der Waals surface area contributed by atoms with Crippen molar-refractivity contribution in [2.24, 2.45) is 5.73 Å². The van der Waals surface area contributed by atoms with Crippen LogP contribution in [0.5, 0.6) is 0 Å². The minimum absolute atomic E-state index is 0.146. The molecule has 3 nitrogen and oxygen atoms in total. The molecule has 78 valence electrons. The molecule has 1 aliphatic rings. The van der Waals surface area contributed by atoms with Crippen molar-refractivity contribution in [3.63, 3.8) is 0 Å². The second-order valence-corrected chi connectivity index (χ2v) is 4.99. The summed E-state index contributed by atoms with van der Waals surface area (Å²) in [5.74, 6) is 0. The molecule has 0 amide bonds. The summed E-state index contributed by atoms with van der Waals surface area (Å²) in [5, 5.41) is 7.15. The average molecular weight is 258 g/mol. The topological polar surface area (TPSA) is 54.7 Å². The van der Waals surface area contributed by atoms with E-state index in [0.717, 1.165) is 4.47 Å². The predicted octanol–water partition coefficient (Wildman–Crippen LogP) is 2.33. The van der Waals surface area contributed by atoms with Gasteiger partial charge in [0.1, 0.15) is 0 Å². The summed E-state index contributed by atoms with van der Waals surface area (Å²) in [6, 6.07) is 0. The largest absolute Gasteiger partial charge is 0.330 e. The second-order valence-electron chi connectivity index (χ2n) is 4.14. The molecule has 0 aromatic carbocycles. The Kier molecular flexibility index (Phi) is 2.93. The van der Waals surface area contributed by atoms with Crippen LogP contribution < -0.4 is 5.73 Å². The number of hydrogen-bond acceptors (Lipinski definition) is 2. The Morgan fingerprint density at radius 2 is 2.14 bits per heavy atom. The van der Waals surface area contributed by atoms with Gasteiger partial charge in [0.25, 0.3) is 0 Å². The number of H-pyrrole nitrogens is 1. The van der Waals surface area contributed by atoms with Crippen molar-refractivity contribution in [1.82, 2.24) is 10.2 Å². The molecule has 14 heavy (non-hydrogen) atoms. The van der Waals surface area contributed by atoms with Gasteiger partial charge >= 0.3 is 0 Å². The molecule has 1 aromatic heterocycles. The molecule has 0 radical (unpaired) electrons. The molecule has 0 saturated heterocycles. The number of aromatic nitrogens is 2. The van der Waals surface area contributed by atoms with E-state index in [4.69, 9.17) is 5.73 Å². The lowest BCUT2D eigenvalue weighted by molar-refractivity contribution is 0.292. The summed E-state index contributed by atoms with van der Waals surface area (Å²) >= 11 is 3.53. The van der Waals surface area contributed by atoms with Crippen LogP contribution in [0.3, 0.4) is 0 Å². The highest BCUT2D eigenvalue weighted by atomic mass is 79.9. The smallest absolute Gasteiger partial charge is 0.0632 e. The lowest BCUT2D eigenvalue weighted by atomic mass is 9.72. The minimum atomic E-state index is 0.146. The molecule has 1 aliphatic carbocycles. The van der Waals surface area contributed by atoms with Crippen molar-refractivity contribution in [3.05, 3.63) is 16.4 Å². The maximum absolute atomic E-state index is 5.93. The van der Waals surface area contributed by atoms with Crippen molar-refractivity contribution in [1.29, 1.82) is 0 Å². The van der Waals surface area contributed by atoms with Gasteiger partial charge in [0.15, 0.2) is 0 Å². The zero-order chi connectivity index (χ0) is 10.0. The minimum Gasteiger partial charge on any atom is -0.330 e. The number of rotatable bonds is 2. The highest BCUT2D eigenvalue weighted by Crippen LogP contribution is 2.40. The number of hydrogen-bond donors (Lipinski definition) is 2. The van der Waals surface area contributed by atoms with Crippen LogP contribution in [-0.4, -0.2) is 16.7 Å². The van der Waals surface area contributed by atoms with E-state index in [1.165, 1.54) is 37.8 Å². The molecule has 1 fully saturated rings. The van der Waals surface area contributed by atoms with E-state index in [2.05, 4.69) is 26.1 Å². The zero-order valence-corrected chi connectivity index (χ0v) is 9.81. The average Bonchev–Trinajstić information content (AvgIpc) is 2.66. The van der Waals surface area contributed by atoms with Gasteiger partial charge < -0.3 is 5.73 Å². The molecule has 4 heteroatoms. The summed E-state index contributed by atoms with van der Waals surface area (Å²) < 4.78 is 1.07. The Morgan fingerprint density at radius 3 is 2.64 bits per heavy atom. The molecule has 0 aliphatic heterocycles. The fourth-order valence-corrected chi connectivity index (χ4v) is 3.04. The van der Waals surface area contributed by atoms with Crippen molar-refractivity contribution in [2.45, 2.75) is 37.5 Å². The SMILES string of the molecule is NCC1(c2[nH]ncc2Br)CCCCC1. The van der Waals surface area contributed by atoms with Crippen molar-refractivity contribution in [3.8, 4) is 0 Å². The first-order valence-corrected chi connectivity index (χ1v) is 5.97. The first-order valence-electron chi connectivity index (χ1n) is 5.18. The van der Waals surface area contributed by atoms with Gasteiger partial charge in [-0.05, 0) is 28.8 Å². The summed E-state index contributed by atoms with van der Waals surface area (Å²) in [6.07, 6.45) is 8.09. The molecule has 2 rings (SSSR count). The van der Waals surface area contributed by atoms with E-state index in [9.17, 15) is 0 Å². The summed E-state index contributed by atoms with van der Waals surface area (Å²) in [7, 11) is 0. The van der Waals surface area contributed by atoms with Gasteiger partial charge in [-0.2, -0.15) is 5.10 Å². The molecule has 0 bridgehead atoms. The van der Waals surface area contributed by atoms with Crippen LogP contribution in [0.2, 0.25) is 0 Å². The third kappa shape index (κ3) is 1.61. The highest BCUT2D eigenvalue weighted by Gasteiger charge is 2.35. The first kappa shape index (κ1) is 10.2. The maximum Gasteiger partial charge on any atom is 0.0632 e. The third-order valence-corrected chi connectivity index (χ3v) is 3.93. The Balaban J connectivity index is 2.31. The number of halogens is 1. The van der Waals surface area contributed by atoms with Crippen LogP contribution >= 0.6 is 15.9 Å². The fourth-order valence-electron chi connectivity index (χ4n) is 2.43. The van der Waals surface area contributed by atoms with E-state index in [-0.39, 0.29) is 5.41 Å². The van der Waals surface area contributed by atoms with E-state index in [0.29, 0.717) is 6.54 Å². The highest BCUT2D eigenvalue weighted by molar-refractivity contribution is 9.10. The van der Waals surface area contributed by atoms with Crippen LogP contribution in [0.4, 0.5) is 0 Å². The second kappa shape index (κ2) is 4.03. The molecule has 0 atom stereocenters. The van der Waals surface area contributed by atoms with E-state index < -0.39 is 0 Å². The van der Waals surface area contributed by atoms with E-state index in [1.807, 2.05) is 6.20 Å². The van der Waals surface area contributed by atoms with Gasteiger partial charge in [-0.3, -0.25) is 5.10 Å². The fraction of sp³-hybridized carbons (Fsp3) is 0.700. The molecular formula is C10H16BrN3. The van der Waals surface area contributed by atoms with Crippen molar-refractivity contribution in [2.75, 3.05) is 6.54 Å². The Labute approximate surface area is 92.6 Å². The standard InChI is InChI=1S/C10H16BrN3/c11-8-6-13-14-9(8)10(7-12)4-2-1-3-5-10/h6H,1-5,7,12H2,(H,13,14). The van der Waals surface area contributed by atoms with E-state index >= 15 is 0 Å². The molecule has 1 heterocycles. The number of nitrogens with zero attached hydrogens (tertiary/aromatic N) is 1. The molecule has 1 saturated carbocycles. The Hall–Kier alpha value is -0.350. The summed E-state index contributed by atoms with van der Waals surface area (Å²) in [5.41, 5.74) is 7.27.